The monoisotopic (exact) mass is 390 g/mol. The van der Waals surface area contributed by atoms with Gasteiger partial charge in [0, 0.05) is 36.0 Å². The molecule has 7 nitrogen and oxygen atoms in total. The first-order valence-corrected chi connectivity index (χ1v) is 10.2. The number of amides is 1. The van der Waals surface area contributed by atoms with Gasteiger partial charge in [-0.3, -0.25) is 9.59 Å². The minimum atomic E-state index is -3.89. The Morgan fingerprint density at radius 1 is 1.11 bits per heavy atom. The molecule has 1 heterocycles. The van der Waals surface area contributed by atoms with Crippen LogP contribution in [0.15, 0.2) is 41.3 Å². The van der Waals surface area contributed by atoms with Crippen molar-refractivity contribution in [2.75, 3.05) is 11.9 Å². The van der Waals surface area contributed by atoms with Crippen LogP contribution >= 0.6 is 0 Å². The van der Waals surface area contributed by atoms with Crippen LogP contribution in [0.25, 0.3) is 10.8 Å². The number of aliphatic carboxylic acids is 1. The van der Waals surface area contributed by atoms with Crippen LogP contribution < -0.4 is 5.32 Å². The van der Waals surface area contributed by atoms with Crippen LogP contribution in [0.3, 0.4) is 0 Å². The number of hydrogen-bond acceptors (Lipinski definition) is 4. The van der Waals surface area contributed by atoms with Gasteiger partial charge in [0.2, 0.25) is 15.9 Å². The third-order valence-electron chi connectivity index (χ3n) is 4.96. The number of carboxylic acid groups (broad SMARTS) is 1. The number of anilines is 1. The predicted molar refractivity (Wildman–Crippen MR) is 102 cm³/mol. The summed E-state index contributed by atoms with van der Waals surface area (Å²) in [4.78, 5) is 22.9. The summed E-state index contributed by atoms with van der Waals surface area (Å²) in [5.74, 6) is -1.93. The summed E-state index contributed by atoms with van der Waals surface area (Å²) in [5, 5.41) is 13.1. The lowest BCUT2D eigenvalue weighted by Crippen LogP contribution is -2.47. The molecule has 1 aliphatic heterocycles. The first kappa shape index (κ1) is 19.3. The molecule has 0 aromatic heterocycles. The van der Waals surface area contributed by atoms with Gasteiger partial charge < -0.3 is 10.4 Å². The van der Waals surface area contributed by atoms with E-state index in [4.69, 9.17) is 0 Å². The van der Waals surface area contributed by atoms with E-state index in [0.717, 1.165) is 0 Å². The summed E-state index contributed by atoms with van der Waals surface area (Å²) in [7, 11) is -3.89. The van der Waals surface area contributed by atoms with E-state index in [1.165, 1.54) is 17.3 Å². The number of sulfonamides is 1. The van der Waals surface area contributed by atoms with Crippen molar-refractivity contribution < 1.29 is 23.1 Å². The molecule has 0 bridgehead atoms. The van der Waals surface area contributed by atoms with Crippen molar-refractivity contribution in [3.63, 3.8) is 0 Å². The SMILES string of the molecule is CC(=O)Nc1ccc(S(=O)(=O)N2CC(C(=O)O)CCC2C)c2ccccc12. The normalized spacial score (nSPS) is 21.1. The lowest BCUT2D eigenvalue weighted by molar-refractivity contribution is -0.143. The topological polar surface area (TPSA) is 104 Å². The maximum atomic E-state index is 13.4. The molecule has 27 heavy (non-hydrogen) atoms. The van der Waals surface area contributed by atoms with E-state index in [0.29, 0.717) is 29.3 Å². The van der Waals surface area contributed by atoms with Crippen LogP contribution in [0, 0.1) is 5.92 Å². The summed E-state index contributed by atoms with van der Waals surface area (Å²) < 4.78 is 28.0. The highest BCUT2D eigenvalue weighted by Gasteiger charge is 2.38. The van der Waals surface area contributed by atoms with Crippen LogP contribution in [-0.4, -0.2) is 42.3 Å². The summed E-state index contributed by atoms with van der Waals surface area (Å²) in [6.45, 7) is 3.14. The zero-order valence-corrected chi connectivity index (χ0v) is 16.0. The molecule has 8 heteroatoms. The number of carbonyl (C=O) groups excluding carboxylic acids is 1. The van der Waals surface area contributed by atoms with Gasteiger partial charge in [0.15, 0.2) is 0 Å². The number of fused-ring (bicyclic) bond motifs is 1. The summed E-state index contributed by atoms with van der Waals surface area (Å²) in [6, 6.07) is 9.71. The fourth-order valence-electron chi connectivity index (χ4n) is 3.53. The molecule has 0 saturated carbocycles. The minimum absolute atomic E-state index is 0.0411. The highest BCUT2D eigenvalue weighted by molar-refractivity contribution is 7.89. The molecule has 2 aromatic carbocycles. The summed E-state index contributed by atoms with van der Waals surface area (Å²) >= 11 is 0. The molecular formula is C19H22N2O5S. The molecule has 0 radical (unpaired) electrons. The van der Waals surface area contributed by atoms with Crippen LogP contribution in [-0.2, 0) is 19.6 Å². The fraction of sp³-hybridized carbons (Fsp3) is 0.368. The lowest BCUT2D eigenvalue weighted by Gasteiger charge is -2.35. The number of rotatable bonds is 4. The van der Waals surface area contributed by atoms with Crippen molar-refractivity contribution >= 4 is 38.4 Å². The molecular weight excluding hydrogens is 368 g/mol. The summed E-state index contributed by atoms with van der Waals surface area (Å²) in [5.41, 5.74) is 0.534. The molecule has 2 N–H and O–H groups in total. The second-order valence-corrected chi connectivity index (χ2v) is 8.73. The van der Waals surface area contributed by atoms with E-state index in [1.807, 2.05) is 0 Å². The van der Waals surface area contributed by atoms with Crippen molar-refractivity contribution in [3.05, 3.63) is 36.4 Å². The highest BCUT2D eigenvalue weighted by Crippen LogP contribution is 2.34. The number of hydrogen-bond donors (Lipinski definition) is 2. The average molecular weight is 390 g/mol. The number of nitrogens with one attached hydrogen (secondary N) is 1. The Morgan fingerprint density at radius 2 is 1.78 bits per heavy atom. The molecule has 3 rings (SSSR count). The Hall–Kier alpha value is -2.45. The summed E-state index contributed by atoms with van der Waals surface area (Å²) in [6.07, 6.45) is 0.961. The molecule has 2 atom stereocenters. The predicted octanol–water partition coefficient (Wildman–Crippen LogP) is 2.67. The highest BCUT2D eigenvalue weighted by atomic mass is 32.2. The largest absolute Gasteiger partial charge is 0.481 e. The number of carbonyl (C=O) groups is 2. The second kappa shape index (κ2) is 7.28. The Kier molecular flexibility index (Phi) is 5.21. The molecule has 1 amide bonds. The first-order valence-electron chi connectivity index (χ1n) is 8.76. The van der Waals surface area contributed by atoms with Crippen molar-refractivity contribution in [3.8, 4) is 0 Å². The fourth-order valence-corrected chi connectivity index (χ4v) is 5.44. The van der Waals surface area contributed by atoms with E-state index in [2.05, 4.69) is 5.32 Å². The van der Waals surface area contributed by atoms with Crippen molar-refractivity contribution in [1.82, 2.24) is 4.31 Å². The number of piperidine rings is 1. The molecule has 0 spiro atoms. The van der Waals surface area contributed by atoms with Gasteiger partial charge in [-0.25, -0.2) is 8.42 Å². The van der Waals surface area contributed by atoms with Crippen molar-refractivity contribution in [2.45, 2.75) is 37.6 Å². The van der Waals surface area contributed by atoms with Crippen LogP contribution in [0.1, 0.15) is 26.7 Å². The zero-order valence-electron chi connectivity index (χ0n) is 15.2. The van der Waals surface area contributed by atoms with Crippen LogP contribution in [0.5, 0.6) is 0 Å². The average Bonchev–Trinajstić information content (AvgIpc) is 2.61. The van der Waals surface area contributed by atoms with Gasteiger partial charge >= 0.3 is 5.97 Å². The van der Waals surface area contributed by atoms with E-state index in [1.54, 1.807) is 37.3 Å². The Bertz CT molecular complexity index is 1000. The van der Waals surface area contributed by atoms with Gasteiger partial charge in [0.25, 0.3) is 0 Å². The van der Waals surface area contributed by atoms with Gasteiger partial charge in [-0.05, 0) is 31.9 Å². The van der Waals surface area contributed by atoms with Crippen molar-refractivity contribution in [2.24, 2.45) is 5.92 Å². The van der Waals surface area contributed by atoms with Gasteiger partial charge in [-0.2, -0.15) is 4.31 Å². The van der Waals surface area contributed by atoms with Crippen LogP contribution in [0.2, 0.25) is 0 Å². The van der Waals surface area contributed by atoms with E-state index in [-0.39, 0.29) is 23.4 Å². The molecule has 144 valence electrons. The van der Waals surface area contributed by atoms with Gasteiger partial charge in [-0.1, -0.05) is 24.3 Å². The van der Waals surface area contributed by atoms with Gasteiger partial charge in [0.05, 0.1) is 10.8 Å². The van der Waals surface area contributed by atoms with E-state index < -0.39 is 21.9 Å². The zero-order chi connectivity index (χ0) is 19.8. The number of carboxylic acids is 1. The first-order chi connectivity index (χ1) is 12.7. The molecule has 1 fully saturated rings. The molecule has 2 aromatic rings. The Morgan fingerprint density at radius 3 is 2.41 bits per heavy atom. The smallest absolute Gasteiger partial charge is 0.307 e. The second-order valence-electron chi connectivity index (χ2n) is 6.87. The Labute approximate surface area is 158 Å². The van der Waals surface area contributed by atoms with Gasteiger partial charge in [0.1, 0.15) is 0 Å². The Balaban J connectivity index is 2.10. The number of nitrogens with zero attached hydrogens (tertiary/aromatic N) is 1. The van der Waals surface area contributed by atoms with E-state index in [9.17, 15) is 23.1 Å². The third-order valence-corrected chi connectivity index (χ3v) is 6.99. The third kappa shape index (κ3) is 3.68. The molecule has 1 saturated heterocycles. The minimum Gasteiger partial charge on any atom is -0.481 e. The van der Waals surface area contributed by atoms with E-state index >= 15 is 0 Å². The standard InChI is InChI=1S/C19H22N2O5S/c1-12-7-8-14(19(23)24)11-21(12)27(25,26)18-10-9-17(20-13(2)22)15-5-3-4-6-16(15)18/h3-6,9-10,12,14H,7-8,11H2,1-2H3,(H,20,22)(H,23,24). The lowest BCUT2D eigenvalue weighted by atomic mass is 9.96. The molecule has 1 aliphatic rings. The van der Waals surface area contributed by atoms with Gasteiger partial charge in [-0.15, -0.1) is 0 Å². The van der Waals surface area contributed by atoms with Crippen LogP contribution in [0.4, 0.5) is 5.69 Å². The maximum absolute atomic E-state index is 13.4. The number of benzene rings is 2. The molecule has 2 unspecified atom stereocenters. The maximum Gasteiger partial charge on any atom is 0.307 e. The van der Waals surface area contributed by atoms with Crippen molar-refractivity contribution in [1.29, 1.82) is 0 Å². The quantitative estimate of drug-likeness (QED) is 0.835. The molecule has 0 aliphatic carbocycles.